The fraction of sp³-hybridized carbons (Fsp3) is 0.0909. The summed E-state index contributed by atoms with van der Waals surface area (Å²) in [4.78, 5) is 42.3. The molecule has 0 aliphatic carbocycles. The van der Waals surface area contributed by atoms with Crippen molar-refractivity contribution in [3.05, 3.63) is 125 Å². The summed E-state index contributed by atoms with van der Waals surface area (Å²) in [5.41, 5.74) is 4.64. The van der Waals surface area contributed by atoms with Crippen molar-refractivity contribution in [3.63, 3.8) is 0 Å². The summed E-state index contributed by atoms with van der Waals surface area (Å²) < 4.78 is 5.64. The Morgan fingerprint density at radius 2 is 1.34 bits per heavy atom. The lowest BCUT2D eigenvalue weighted by atomic mass is 10.0. The Hall–Kier alpha value is -5.08. The van der Waals surface area contributed by atoms with Crippen LogP contribution in [0.5, 0.6) is 5.75 Å². The molecule has 8 heteroatoms. The van der Waals surface area contributed by atoms with Gasteiger partial charge in [-0.3, -0.25) is 24.2 Å². The zero-order valence-corrected chi connectivity index (χ0v) is 23.4. The minimum Gasteiger partial charge on any atom is -0.484 e. The van der Waals surface area contributed by atoms with Gasteiger partial charge in [0.05, 0.1) is 11.4 Å². The molecule has 0 unspecified atom stereocenters. The van der Waals surface area contributed by atoms with Gasteiger partial charge in [0.15, 0.2) is 11.7 Å². The van der Waals surface area contributed by atoms with E-state index < -0.39 is 11.8 Å². The van der Waals surface area contributed by atoms with E-state index in [1.807, 2.05) is 44.2 Å². The maximum Gasteiger partial charge on any atom is 0.270 e. The highest BCUT2D eigenvalue weighted by atomic mass is 32.1. The van der Waals surface area contributed by atoms with Crippen molar-refractivity contribution in [3.8, 4) is 5.75 Å². The number of nitrogens with zero attached hydrogens (tertiary/aromatic N) is 2. The molecule has 0 atom stereocenters. The Labute approximate surface area is 243 Å². The van der Waals surface area contributed by atoms with Crippen molar-refractivity contribution >= 4 is 58.2 Å². The average molecular weight is 562 g/mol. The topological polar surface area (TPSA) is 79.0 Å². The first-order valence-corrected chi connectivity index (χ1v) is 13.4. The monoisotopic (exact) mass is 561 g/mol. The zero-order chi connectivity index (χ0) is 28.9. The van der Waals surface area contributed by atoms with E-state index in [0.29, 0.717) is 28.4 Å². The van der Waals surface area contributed by atoms with E-state index in [0.717, 1.165) is 11.1 Å². The summed E-state index contributed by atoms with van der Waals surface area (Å²) >= 11 is 5.64. The van der Waals surface area contributed by atoms with E-state index in [4.69, 9.17) is 17.0 Å². The lowest BCUT2D eigenvalue weighted by Crippen LogP contribution is -2.56. The van der Waals surface area contributed by atoms with Crippen LogP contribution in [-0.4, -0.2) is 29.4 Å². The largest absolute Gasteiger partial charge is 0.484 e. The predicted octanol–water partition coefficient (Wildman–Crippen LogP) is 6.07. The Balaban J connectivity index is 1.35. The summed E-state index contributed by atoms with van der Waals surface area (Å²) in [6.07, 6.45) is 1.54. The Morgan fingerprint density at radius 3 is 1.88 bits per heavy atom. The third-order valence-electron chi connectivity index (χ3n) is 6.63. The molecule has 1 saturated heterocycles. The number of amides is 3. The Morgan fingerprint density at radius 1 is 0.780 bits per heavy atom. The number of hydrogen-bond acceptors (Lipinski definition) is 5. The van der Waals surface area contributed by atoms with Gasteiger partial charge in [-0.2, -0.15) is 0 Å². The normalized spacial score (nSPS) is 13.3. The van der Waals surface area contributed by atoms with Crippen LogP contribution in [0.4, 0.5) is 17.1 Å². The van der Waals surface area contributed by atoms with Crippen molar-refractivity contribution in [2.75, 3.05) is 21.7 Å². The third-order valence-corrected chi connectivity index (χ3v) is 7.00. The summed E-state index contributed by atoms with van der Waals surface area (Å²) in [7, 11) is 0. The highest BCUT2D eigenvalue weighted by molar-refractivity contribution is 7.81. The van der Waals surface area contributed by atoms with Crippen LogP contribution in [-0.2, 0) is 14.4 Å². The van der Waals surface area contributed by atoms with E-state index in [9.17, 15) is 14.4 Å². The summed E-state index contributed by atoms with van der Waals surface area (Å²) in [6, 6.07) is 30.5. The highest BCUT2D eigenvalue weighted by Gasteiger charge is 2.41. The SMILES string of the molecule is Cc1ccc(NC(=O)COc2ccc(C=C3C(=O)N(c4ccccc4)C(=S)N(c4ccccc4)C3=O)cc2)cc1C. The second-order valence-corrected chi connectivity index (χ2v) is 9.86. The van der Waals surface area contributed by atoms with Crippen LogP contribution in [0.1, 0.15) is 16.7 Å². The number of rotatable bonds is 7. The number of hydrogen-bond donors (Lipinski definition) is 1. The molecule has 1 N–H and O–H groups in total. The van der Waals surface area contributed by atoms with Crippen molar-refractivity contribution in [1.82, 2.24) is 0 Å². The molecule has 4 aromatic rings. The number of anilines is 3. The first-order chi connectivity index (χ1) is 19.8. The standard InChI is InChI=1S/C33H27N3O4S/c1-22-13-16-25(19-23(22)2)34-30(37)21-40-28-17-14-24(15-18-28)20-29-31(38)35(26-9-5-3-6-10-26)33(41)36(32(29)39)27-11-7-4-8-12-27/h3-20H,21H2,1-2H3,(H,34,37). The molecule has 1 aliphatic heterocycles. The third kappa shape index (κ3) is 6.08. The molecule has 0 saturated carbocycles. The molecule has 1 heterocycles. The lowest BCUT2D eigenvalue weighted by Gasteiger charge is -2.36. The molecule has 3 amide bonds. The number of ether oxygens (including phenoxy) is 1. The maximum atomic E-state index is 13.6. The summed E-state index contributed by atoms with van der Waals surface area (Å²) in [5.74, 6) is -0.832. The second kappa shape index (κ2) is 12.0. The van der Waals surface area contributed by atoms with E-state index in [1.54, 1.807) is 72.8 Å². The van der Waals surface area contributed by atoms with Crippen molar-refractivity contribution in [1.29, 1.82) is 0 Å². The van der Waals surface area contributed by atoms with Gasteiger partial charge in [0.25, 0.3) is 17.7 Å². The average Bonchev–Trinajstić information content (AvgIpc) is 2.98. The van der Waals surface area contributed by atoms with Crippen molar-refractivity contribution in [2.24, 2.45) is 0 Å². The van der Waals surface area contributed by atoms with Crippen LogP contribution in [0.3, 0.4) is 0 Å². The van der Waals surface area contributed by atoms with Crippen LogP contribution < -0.4 is 19.9 Å². The molecule has 5 rings (SSSR count). The van der Waals surface area contributed by atoms with Crippen LogP contribution in [0.2, 0.25) is 0 Å². The van der Waals surface area contributed by atoms with Gasteiger partial charge in [0.2, 0.25) is 0 Å². The van der Waals surface area contributed by atoms with E-state index in [-0.39, 0.29) is 23.2 Å². The predicted molar refractivity (Wildman–Crippen MR) is 165 cm³/mol. The van der Waals surface area contributed by atoms with Gasteiger partial charge in [-0.15, -0.1) is 0 Å². The summed E-state index contributed by atoms with van der Waals surface area (Å²) in [6.45, 7) is 3.83. The molecule has 41 heavy (non-hydrogen) atoms. The minimum atomic E-state index is -0.512. The van der Waals surface area contributed by atoms with Crippen LogP contribution >= 0.6 is 12.2 Å². The molecule has 4 aromatic carbocycles. The maximum absolute atomic E-state index is 13.6. The number of para-hydroxylation sites is 2. The molecule has 0 spiro atoms. The van der Waals surface area contributed by atoms with Gasteiger partial charge >= 0.3 is 0 Å². The molecular formula is C33H27N3O4S. The van der Waals surface area contributed by atoms with Gasteiger partial charge in [-0.1, -0.05) is 54.6 Å². The quantitative estimate of drug-likeness (QED) is 0.168. The van der Waals surface area contributed by atoms with Gasteiger partial charge in [0, 0.05) is 5.69 Å². The highest BCUT2D eigenvalue weighted by Crippen LogP contribution is 2.30. The number of benzene rings is 4. The van der Waals surface area contributed by atoms with E-state index in [1.165, 1.54) is 15.9 Å². The molecular weight excluding hydrogens is 534 g/mol. The van der Waals surface area contributed by atoms with Gasteiger partial charge in [-0.05, 0) is 97.4 Å². The van der Waals surface area contributed by atoms with Crippen molar-refractivity contribution in [2.45, 2.75) is 13.8 Å². The van der Waals surface area contributed by atoms with Gasteiger partial charge < -0.3 is 10.1 Å². The first-order valence-electron chi connectivity index (χ1n) is 13.0. The molecule has 1 fully saturated rings. The zero-order valence-electron chi connectivity index (χ0n) is 22.5. The molecule has 204 valence electrons. The smallest absolute Gasteiger partial charge is 0.270 e. The first kappa shape index (κ1) is 27.5. The molecule has 1 aliphatic rings. The number of aryl methyl sites for hydroxylation is 2. The van der Waals surface area contributed by atoms with Crippen LogP contribution in [0, 0.1) is 13.8 Å². The molecule has 0 aromatic heterocycles. The number of nitrogens with one attached hydrogen (secondary N) is 1. The lowest BCUT2D eigenvalue weighted by molar-refractivity contribution is -0.121. The van der Waals surface area contributed by atoms with Crippen LogP contribution in [0.25, 0.3) is 6.08 Å². The summed E-state index contributed by atoms with van der Waals surface area (Å²) in [5, 5.41) is 2.91. The Kier molecular flexibility index (Phi) is 8.03. The minimum absolute atomic E-state index is 0.0345. The van der Waals surface area contributed by atoms with Gasteiger partial charge in [0.1, 0.15) is 11.3 Å². The number of thiocarbonyl (C=S) groups is 1. The number of carbonyl (C=O) groups excluding carboxylic acids is 3. The van der Waals surface area contributed by atoms with E-state index in [2.05, 4.69) is 5.32 Å². The van der Waals surface area contributed by atoms with E-state index >= 15 is 0 Å². The second-order valence-electron chi connectivity index (χ2n) is 9.50. The fourth-order valence-electron chi connectivity index (χ4n) is 4.33. The van der Waals surface area contributed by atoms with Crippen LogP contribution in [0.15, 0.2) is 109 Å². The van der Waals surface area contributed by atoms with Crippen molar-refractivity contribution < 1.29 is 19.1 Å². The fourth-order valence-corrected chi connectivity index (χ4v) is 4.71. The molecule has 7 nitrogen and oxygen atoms in total. The Bertz CT molecular complexity index is 1590. The molecule has 0 radical (unpaired) electrons. The molecule has 0 bridgehead atoms. The number of carbonyl (C=O) groups is 3. The van der Waals surface area contributed by atoms with Gasteiger partial charge in [-0.25, -0.2) is 0 Å².